The Morgan fingerprint density at radius 3 is 1.94 bits per heavy atom. The van der Waals surface area contributed by atoms with Crippen molar-refractivity contribution in [3.05, 3.63) is 0 Å². The molecule has 0 saturated heterocycles. The topological polar surface area (TPSA) is 113 Å². The zero-order valence-corrected chi connectivity index (χ0v) is 16.5. The molecule has 0 aliphatic carbocycles. The van der Waals surface area contributed by atoms with Gasteiger partial charge in [0.05, 0.1) is 0 Å². The van der Waals surface area contributed by atoms with Crippen LogP contribution in [0.1, 0.15) is 19.3 Å². The van der Waals surface area contributed by atoms with Gasteiger partial charge in [-0.05, 0) is 25.5 Å². The minimum Gasteiger partial charge on any atom is -0.811 e. The maximum Gasteiger partial charge on any atom is 1.00 e. The summed E-state index contributed by atoms with van der Waals surface area (Å²) in [7, 11) is -4.28. The van der Waals surface area contributed by atoms with Crippen LogP contribution in [-0.2, 0) is 4.57 Å². The van der Waals surface area contributed by atoms with Crippen molar-refractivity contribution >= 4 is 7.60 Å². The second kappa shape index (κ2) is 17.1. The van der Waals surface area contributed by atoms with Crippen LogP contribution in [0.4, 0.5) is 0 Å². The van der Waals surface area contributed by atoms with Gasteiger partial charge in [0.2, 0.25) is 0 Å². The largest absolute Gasteiger partial charge is 1.00 e. The Morgan fingerprint density at radius 2 is 1.44 bits per heavy atom. The Labute approximate surface area is 154 Å². The molecule has 0 aliphatic rings. The molecule has 18 heavy (non-hydrogen) atoms. The molecule has 0 aromatic rings. The first-order valence-electron chi connectivity index (χ1n) is 5.69. The number of rotatable bonds is 11. The summed E-state index contributed by atoms with van der Waals surface area (Å²) in [5.41, 5.74) is 5.30. The molecule has 9 heteroatoms. The van der Waals surface area contributed by atoms with Crippen molar-refractivity contribution in [1.29, 1.82) is 0 Å². The quantitative estimate of drug-likeness (QED) is 0.198. The molecule has 6 nitrogen and oxygen atoms in total. The molecule has 0 radical (unpaired) electrons. The van der Waals surface area contributed by atoms with Gasteiger partial charge in [-0.2, -0.15) is 0 Å². The van der Waals surface area contributed by atoms with Crippen molar-refractivity contribution in [3.8, 4) is 0 Å². The van der Waals surface area contributed by atoms with E-state index in [0.717, 1.165) is 39.0 Å². The molecular weight excluding hydrogens is 275 g/mol. The van der Waals surface area contributed by atoms with Gasteiger partial charge in [0.15, 0.2) is 0 Å². The third-order valence-corrected chi connectivity index (χ3v) is 2.95. The van der Waals surface area contributed by atoms with Crippen molar-refractivity contribution < 1.29 is 73.5 Å². The number of unbranched alkanes of at least 4 members (excludes halogenated alkanes) is 2. The summed E-state index contributed by atoms with van der Waals surface area (Å²) >= 11 is 0. The van der Waals surface area contributed by atoms with E-state index in [-0.39, 0.29) is 65.3 Å². The normalized spacial score (nSPS) is 10.6. The number of nitrogens with one attached hydrogen (secondary N) is 2. The fourth-order valence-corrected chi connectivity index (χ4v) is 1.87. The average molecular weight is 297 g/mol. The van der Waals surface area contributed by atoms with Crippen molar-refractivity contribution in [2.75, 3.05) is 38.9 Å². The van der Waals surface area contributed by atoms with Gasteiger partial charge in [-0.15, -0.1) is 0 Å². The summed E-state index contributed by atoms with van der Waals surface area (Å²) in [6.45, 7) is 4.08. The van der Waals surface area contributed by atoms with Crippen LogP contribution < -0.4 is 85.3 Å². The molecule has 0 amide bonds. The van der Waals surface area contributed by atoms with E-state index >= 15 is 0 Å². The van der Waals surface area contributed by atoms with Gasteiger partial charge in [-0.25, -0.2) is 0 Å². The fourth-order valence-electron chi connectivity index (χ4n) is 1.26. The molecule has 0 bridgehead atoms. The molecule has 98 valence electrons. The first-order valence-corrected chi connectivity index (χ1v) is 7.41. The van der Waals surface area contributed by atoms with Crippen molar-refractivity contribution in [2.24, 2.45) is 5.73 Å². The van der Waals surface area contributed by atoms with Gasteiger partial charge in [0.1, 0.15) is 0 Å². The SMILES string of the molecule is NCCNCCNCCCCCP(=O)([O-])[O-].[Na+].[Na+]. The van der Waals surface area contributed by atoms with Gasteiger partial charge >= 0.3 is 59.1 Å². The minimum absolute atomic E-state index is 0. The summed E-state index contributed by atoms with van der Waals surface area (Å²) in [6, 6.07) is 0. The molecule has 0 unspecified atom stereocenters. The van der Waals surface area contributed by atoms with Gasteiger partial charge in [-0.1, -0.05) is 14.0 Å². The van der Waals surface area contributed by atoms with Gasteiger partial charge in [-0.3, -0.25) is 0 Å². The van der Waals surface area contributed by atoms with E-state index in [1.807, 2.05) is 0 Å². The molecule has 0 saturated carbocycles. The third-order valence-electron chi connectivity index (χ3n) is 2.09. The molecule has 0 atom stereocenters. The predicted molar refractivity (Wildman–Crippen MR) is 61.1 cm³/mol. The molecule has 4 N–H and O–H groups in total. The Hall–Kier alpha value is 2.03. The van der Waals surface area contributed by atoms with Crippen LogP contribution in [0.25, 0.3) is 0 Å². The van der Waals surface area contributed by atoms with Crippen LogP contribution in [-0.4, -0.2) is 38.9 Å². The van der Waals surface area contributed by atoms with E-state index in [0.29, 0.717) is 13.0 Å². The van der Waals surface area contributed by atoms with E-state index in [9.17, 15) is 14.4 Å². The van der Waals surface area contributed by atoms with Crippen molar-refractivity contribution in [2.45, 2.75) is 19.3 Å². The monoisotopic (exact) mass is 297 g/mol. The van der Waals surface area contributed by atoms with Crippen LogP contribution in [0.5, 0.6) is 0 Å². The van der Waals surface area contributed by atoms with Gasteiger partial charge in [0.25, 0.3) is 0 Å². The number of nitrogens with two attached hydrogens (primary N) is 1. The van der Waals surface area contributed by atoms with Crippen LogP contribution in [0.2, 0.25) is 0 Å². The van der Waals surface area contributed by atoms with Crippen LogP contribution in [0.3, 0.4) is 0 Å². The fraction of sp³-hybridized carbons (Fsp3) is 1.00. The predicted octanol–water partition coefficient (Wildman–Crippen LogP) is -7.78. The standard InChI is InChI=1S/C9H24N3O3P.2Na/c10-4-6-12-8-7-11-5-2-1-3-9-16(13,14)15;;/h11-12H,1-10H2,(H2,13,14,15);;/q;2*+1/p-2. The molecule has 0 heterocycles. The Morgan fingerprint density at radius 1 is 0.889 bits per heavy atom. The van der Waals surface area contributed by atoms with E-state index in [1.165, 1.54) is 0 Å². The average Bonchev–Trinajstić information content (AvgIpc) is 2.19. The molecular formula is C9H22N3Na2O3P. The second-order valence-electron chi connectivity index (χ2n) is 3.68. The van der Waals surface area contributed by atoms with Crippen LogP contribution in [0, 0.1) is 0 Å². The van der Waals surface area contributed by atoms with E-state index in [2.05, 4.69) is 10.6 Å². The summed E-state index contributed by atoms with van der Waals surface area (Å²) in [5.74, 6) is 0. The van der Waals surface area contributed by atoms with E-state index in [1.54, 1.807) is 0 Å². The Bertz CT molecular complexity index is 207. The molecule has 0 fully saturated rings. The molecule has 0 rings (SSSR count). The van der Waals surface area contributed by atoms with Crippen LogP contribution in [0.15, 0.2) is 0 Å². The first-order chi connectivity index (χ1) is 7.56. The molecule has 0 aromatic heterocycles. The number of hydrogen-bond donors (Lipinski definition) is 3. The zero-order chi connectivity index (χ0) is 12.3. The molecule has 0 aliphatic heterocycles. The summed E-state index contributed by atoms with van der Waals surface area (Å²) in [5, 5.41) is 6.36. The minimum atomic E-state index is -4.28. The van der Waals surface area contributed by atoms with Crippen molar-refractivity contribution in [3.63, 3.8) is 0 Å². The second-order valence-corrected chi connectivity index (χ2v) is 5.35. The third kappa shape index (κ3) is 23.1. The maximum atomic E-state index is 10.3. The first kappa shape index (κ1) is 25.0. The zero-order valence-electron chi connectivity index (χ0n) is 11.6. The molecule has 0 aromatic carbocycles. The Kier molecular flexibility index (Phi) is 23.7. The van der Waals surface area contributed by atoms with Crippen LogP contribution >= 0.6 is 7.60 Å². The van der Waals surface area contributed by atoms with Gasteiger partial charge in [0, 0.05) is 26.2 Å². The van der Waals surface area contributed by atoms with E-state index in [4.69, 9.17) is 5.73 Å². The van der Waals surface area contributed by atoms with Gasteiger partial charge < -0.3 is 30.7 Å². The summed E-state index contributed by atoms with van der Waals surface area (Å²) in [4.78, 5) is 20.6. The van der Waals surface area contributed by atoms with Crippen molar-refractivity contribution in [1.82, 2.24) is 10.6 Å². The number of hydrogen-bond acceptors (Lipinski definition) is 6. The summed E-state index contributed by atoms with van der Waals surface area (Å²) in [6.07, 6.45) is 1.93. The van der Waals surface area contributed by atoms with E-state index < -0.39 is 7.60 Å². The smallest absolute Gasteiger partial charge is 0.811 e. The maximum absolute atomic E-state index is 10.3. The molecule has 0 spiro atoms. The Balaban J connectivity index is -0.00000112. The summed E-state index contributed by atoms with van der Waals surface area (Å²) < 4.78 is 10.3.